The molecular formula is C4H5N5S. The molecule has 0 unspecified atom stereocenters. The zero-order valence-electron chi connectivity index (χ0n) is 4.98. The van der Waals surface area contributed by atoms with Crippen molar-refractivity contribution in [2.24, 2.45) is 0 Å². The first-order valence-corrected chi connectivity index (χ1v) is 3.44. The molecule has 0 aliphatic heterocycles. The first kappa shape index (κ1) is 5.48. The Hall–Kier alpha value is -1.30. The molecule has 0 aliphatic rings. The Kier molecular flexibility index (Phi) is 0.877. The van der Waals surface area contributed by atoms with Crippen LogP contribution in [0.15, 0.2) is 6.20 Å². The summed E-state index contributed by atoms with van der Waals surface area (Å²) in [5, 5.41) is 4.41. The number of aromatic nitrogens is 3. The normalized spacial score (nSPS) is 10.8. The second-order valence-electron chi connectivity index (χ2n) is 1.83. The molecule has 0 aromatic carbocycles. The molecule has 0 radical (unpaired) electrons. The number of imidazole rings is 1. The maximum atomic E-state index is 5.39. The van der Waals surface area contributed by atoms with Gasteiger partial charge in [0.2, 0.25) is 10.1 Å². The fraction of sp³-hybridized carbons (Fsp3) is 0. The minimum atomic E-state index is 0.471. The average Bonchev–Trinajstić information content (AvgIpc) is 2.21. The zero-order valence-corrected chi connectivity index (χ0v) is 5.80. The Morgan fingerprint density at radius 2 is 2.30 bits per heavy atom. The maximum Gasteiger partial charge on any atom is 0.215 e. The molecule has 0 fully saturated rings. The first-order valence-electron chi connectivity index (χ1n) is 2.63. The lowest BCUT2D eigenvalue weighted by molar-refractivity contribution is 0.981. The van der Waals surface area contributed by atoms with Crippen molar-refractivity contribution in [3.8, 4) is 0 Å². The number of nitrogen functional groups attached to an aromatic ring is 2. The summed E-state index contributed by atoms with van der Waals surface area (Å²) in [6, 6.07) is 0. The maximum absolute atomic E-state index is 5.39. The van der Waals surface area contributed by atoms with E-state index in [1.54, 1.807) is 10.7 Å². The van der Waals surface area contributed by atoms with Crippen LogP contribution in [0.4, 0.5) is 10.9 Å². The number of hydrogen-bond acceptors (Lipinski definition) is 5. The Morgan fingerprint density at radius 3 is 3.00 bits per heavy atom. The Morgan fingerprint density at radius 1 is 1.50 bits per heavy atom. The number of fused-ring (bicyclic) bond motifs is 1. The summed E-state index contributed by atoms with van der Waals surface area (Å²) in [4.78, 5) is 4.68. The standard InChI is InChI=1S/C4H5N5S/c5-2-1-9-4(7-2)10-3(6)8-9/h1H,5H2,(H2,6,8). The number of nitrogens with two attached hydrogens (primary N) is 2. The summed E-state index contributed by atoms with van der Waals surface area (Å²) in [7, 11) is 0. The summed E-state index contributed by atoms with van der Waals surface area (Å²) in [5.41, 5.74) is 10.8. The highest BCUT2D eigenvalue weighted by Gasteiger charge is 2.01. The molecule has 0 amide bonds. The van der Waals surface area contributed by atoms with Gasteiger partial charge in [-0.15, -0.1) is 5.10 Å². The van der Waals surface area contributed by atoms with E-state index in [0.29, 0.717) is 10.9 Å². The molecule has 0 saturated carbocycles. The van der Waals surface area contributed by atoms with Crippen LogP contribution < -0.4 is 11.5 Å². The molecule has 52 valence electrons. The van der Waals surface area contributed by atoms with Crippen molar-refractivity contribution >= 4 is 27.2 Å². The molecule has 0 saturated heterocycles. The third kappa shape index (κ3) is 0.623. The van der Waals surface area contributed by atoms with Crippen LogP contribution in [0.5, 0.6) is 0 Å². The van der Waals surface area contributed by atoms with Crippen LogP contribution >= 0.6 is 11.3 Å². The Labute approximate surface area is 60.3 Å². The second kappa shape index (κ2) is 1.60. The van der Waals surface area contributed by atoms with Crippen molar-refractivity contribution in [2.45, 2.75) is 0 Å². The van der Waals surface area contributed by atoms with Crippen LogP contribution in [0.2, 0.25) is 0 Å². The summed E-state index contributed by atoms with van der Waals surface area (Å²) < 4.78 is 1.56. The summed E-state index contributed by atoms with van der Waals surface area (Å²) in [5.74, 6) is 0.471. The van der Waals surface area contributed by atoms with Gasteiger partial charge in [0.1, 0.15) is 5.82 Å². The Balaban J connectivity index is 2.83. The van der Waals surface area contributed by atoms with Gasteiger partial charge in [-0.2, -0.15) is 0 Å². The van der Waals surface area contributed by atoms with Crippen molar-refractivity contribution in [3.63, 3.8) is 0 Å². The third-order valence-corrected chi connectivity index (χ3v) is 1.83. The molecule has 6 heteroatoms. The van der Waals surface area contributed by atoms with Gasteiger partial charge >= 0.3 is 0 Å². The highest BCUT2D eigenvalue weighted by atomic mass is 32.1. The monoisotopic (exact) mass is 155 g/mol. The van der Waals surface area contributed by atoms with Crippen LogP contribution in [0, 0.1) is 0 Å². The van der Waals surface area contributed by atoms with E-state index >= 15 is 0 Å². The molecule has 2 aromatic rings. The number of anilines is 2. The highest BCUT2D eigenvalue weighted by molar-refractivity contribution is 7.20. The van der Waals surface area contributed by atoms with Gasteiger partial charge in [-0.25, -0.2) is 9.50 Å². The van der Waals surface area contributed by atoms with Gasteiger partial charge in [0.25, 0.3) is 0 Å². The van der Waals surface area contributed by atoms with Crippen LogP contribution in [-0.2, 0) is 0 Å². The third-order valence-electron chi connectivity index (χ3n) is 1.08. The molecular weight excluding hydrogens is 150 g/mol. The van der Waals surface area contributed by atoms with Gasteiger partial charge in [-0.1, -0.05) is 11.3 Å². The molecule has 10 heavy (non-hydrogen) atoms. The van der Waals surface area contributed by atoms with Gasteiger partial charge in [-0.3, -0.25) is 0 Å². The van der Waals surface area contributed by atoms with Gasteiger partial charge in [-0.05, 0) is 0 Å². The predicted octanol–water partition coefficient (Wildman–Crippen LogP) is -0.0448. The lowest BCUT2D eigenvalue weighted by atomic mass is 10.8. The van der Waals surface area contributed by atoms with Gasteiger partial charge in [0.15, 0.2) is 0 Å². The van der Waals surface area contributed by atoms with Crippen molar-refractivity contribution in [2.75, 3.05) is 11.5 Å². The molecule has 0 atom stereocenters. The molecule has 0 spiro atoms. The summed E-state index contributed by atoms with van der Waals surface area (Å²) >= 11 is 1.31. The van der Waals surface area contributed by atoms with E-state index in [9.17, 15) is 0 Å². The van der Waals surface area contributed by atoms with Crippen LogP contribution in [0.1, 0.15) is 0 Å². The number of hydrogen-bond donors (Lipinski definition) is 2. The second-order valence-corrected chi connectivity index (χ2v) is 2.82. The lowest BCUT2D eigenvalue weighted by Crippen LogP contribution is -1.86. The smallest absolute Gasteiger partial charge is 0.215 e. The molecule has 5 nitrogen and oxygen atoms in total. The van der Waals surface area contributed by atoms with E-state index in [0.717, 1.165) is 4.96 Å². The van der Waals surface area contributed by atoms with E-state index in [1.165, 1.54) is 11.3 Å². The SMILES string of the molecule is Nc1cn2nc(N)sc2n1. The van der Waals surface area contributed by atoms with Crippen LogP contribution in [0.25, 0.3) is 4.96 Å². The van der Waals surface area contributed by atoms with E-state index in [4.69, 9.17) is 11.5 Å². The highest BCUT2D eigenvalue weighted by Crippen LogP contribution is 2.15. The summed E-state index contributed by atoms with van der Waals surface area (Å²) in [6.07, 6.45) is 1.63. The average molecular weight is 155 g/mol. The van der Waals surface area contributed by atoms with Crippen molar-refractivity contribution in [3.05, 3.63) is 6.20 Å². The largest absolute Gasteiger partial charge is 0.382 e. The minimum Gasteiger partial charge on any atom is -0.382 e. The molecule has 0 bridgehead atoms. The number of rotatable bonds is 0. The zero-order chi connectivity index (χ0) is 7.14. The molecule has 2 rings (SSSR count). The van der Waals surface area contributed by atoms with Crippen molar-refractivity contribution < 1.29 is 0 Å². The summed E-state index contributed by atoms with van der Waals surface area (Å²) in [6.45, 7) is 0. The van der Waals surface area contributed by atoms with Gasteiger partial charge in [0, 0.05) is 0 Å². The van der Waals surface area contributed by atoms with Crippen molar-refractivity contribution in [1.82, 2.24) is 14.6 Å². The topological polar surface area (TPSA) is 82.2 Å². The van der Waals surface area contributed by atoms with Crippen molar-refractivity contribution in [1.29, 1.82) is 0 Å². The van der Waals surface area contributed by atoms with Crippen LogP contribution in [0.3, 0.4) is 0 Å². The van der Waals surface area contributed by atoms with E-state index in [-0.39, 0.29) is 0 Å². The van der Waals surface area contributed by atoms with E-state index < -0.39 is 0 Å². The van der Waals surface area contributed by atoms with Gasteiger partial charge < -0.3 is 11.5 Å². The fourth-order valence-corrected chi connectivity index (χ4v) is 1.39. The molecule has 4 N–H and O–H groups in total. The van der Waals surface area contributed by atoms with Crippen LogP contribution in [-0.4, -0.2) is 14.6 Å². The molecule has 2 aromatic heterocycles. The fourth-order valence-electron chi connectivity index (χ4n) is 0.732. The quantitative estimate of drug-likeness (QED) is 0.559. The minimum absolute atomic E-state index is 0.471. The molecule has 2 heterocycles. The van der Waals surface area contributed by atoms with E-state index in [2.05, 4.69) is 10.1 Å². The molecule has 0 aliphatic carbocycles. The van der Waals surface area contributed by atoms with Gasteiger partial charge in [0.05, 0.1) is 6.20 Å². The predicted molar refractivity (Wildman–Crippen MR) is 39.7 cm³/mol. The number of nitrogens with zero attached hydrogens (tertiary/aromatic N) is 3. The Bertz CT molecular complexity index is 297. The first-order chi connectivity index (χ1) is 4.75. The van der Waals surface area contributed by atoms with E-state index in [1.807, 2.05) is 0 Å². The lowest BCUT2D eigenvalue weighted by Gasteiger charge is -1.75.